The number of carbonyl (C=O) groups is 1. The maximum atomic E-state index is 12.4. The number of nitrogens with zero attached hydrogens (tertiary/aromatic N) is 3. The van der Waals surface area contributed by atoms with E-state index in [1.807, 2.05) is 22.6 Å². The Hall–Kier alpha value is -2.15. The maximum absolute atomic E-state index is 12.4. The van der Waals surface area contributed by atoms with Crippen molar-refractivity contribution in [3.05, 3.63) is 44.6 Å². The lowest BCUT2D eigenvalue weighted by atomic mass is 10.0. The molecule has 1 N–H and O–H groups in total. The van der Waals surface area contributed by atoms with E-state index >= 15 is 0 Å². The molecule has 6 nitrogen and oxygen atoms in total. The third kappa shape index (κ3) is 3.29. The summed E-state index contributed by atoms with van der Waals surface area (Å²) in [5.74, 6) is 0.421. The smallest absolute Gasteiger partial charge is 0.293 e. The van der Waals surface area contributed by atoms with E-state index in [0.29, 0.717) is 12.4 Å². The van der Waals surface area contributed by atoms with Gasteiger partial charge in [-0.1, -0.05) is 0 Å². The van der Waals surface area contributed by atoms with Crippen LogP contribution >= 0.6 is 11.3 Å². The second-order valence-corrected chi connectivity index (χ2v) is 6.64. The summed E-state index contributed by atoms with van der Waals surface area (Å²) in [6.45, 7) is 3.34. The Kier molecular flexibility index (Phi) is 4.47. The van der Waals surface area contributed by atoms with Crippen LogP contribution in [-0.2, 0) is 7.05 Å². The highest BCUT2D eigenvalue weighted by atomic mass is 32.1. The van der Waals surface area contributed by atoms with Gasteiger partial charge in [-0.05, 0) is 30.7 Å². The molecule has 1 saturated heterocycles. The van der Waals surface area contributed by atoms with Crippen LogP contribution in [0.15, 0.2) is 27.9 Å². The van der Waals surface area contributed by atoms with Crippen LogP contribution in [0, 0.1) is 6.92 Å². The van der Waals surface area contributed by atoms with Crippen molar-refractivity contribution in [1.29, 1.82) is 0 Å². The van der Waals surface area contributed by atoms with E-state index in [0.717, 1.165) is 30.5 Å². The molecule has 1 aliphatic heterocycles. The monoisotopic (exact) mass is 332 g/mol. The van der Waals surface area contributed by atoms with Gasteiger partial charge in [-0.25, -0.2) is 4.98 Å². The first-order valence-electron chi connectivity index (χ1n) is 7.66. The molecule has 0 aliphatic carbocycles. The van der Waals surface area contributed by atoms with Crippen LogP contribution in [0.1, 0.15) is 28.8 Å². The number of carbonyl (C=O) groups excluding carboxylic acids is 1. The topological polar surface area (TPSA) is 67.2 Å². The molecule has 0 bridgehead atoms. The van der Waals surface area contributed by atoms with Crippen molar-refractivity contribution in [3.8, 4) is 0 Å². The number of nitrogens with one attached hydrogen (secondary N) is 1. The lowest BCUT2D eigenvalue weighted by Gasteiger charge is -2.33. The molecule has 1 amide bonds. The van der Waals surface area contributed by atoms with Gasteiger partial charge >= 0.3 is 0 Å². The average Bonchev–Trinajstić information content (AvgIpc) is 2.96. The van der Waals surface area contributed by atoms with Crippen LogP contribution < -0.4 is 15.8 Å². The van der Waals surface area contributed by atoms with Gasteiger partial charge < -0.3 is 14.8 Å². The number of amides is 1. The van der Waals surface area contributed by atoms with Gasteiger partial charge in [-0.2, -0.15) is 11.3 Å². The molecular formula is C16H20N4O2S. The summed E-state index contributed by atoms with van der Waals surface area (Å²) >= 11 is 1.53. The summed E-state index contributed by atoms with van der Waals surface area (Å²) in [4.78, 5) is 30.7. The zero-order valence-corrected chi connectivity index (χ0v) is 14.1. The number of hydrogen-bond donors (Lipinski definition) is 1. The van der Waals surface area contributed by atoms with E-state index < -0.39 is 0 Å². The van der Waals surface area contributed by atoms with Crippen LogP contribution in [0.4, 0.5) is 5.82 Å². The molecule has 1 fully saturated rings. The fraction of sp³-hybridized carbons (Fsp3) is 0.438. The Balaban J connectivity index is 1.71. The van der Waals surface area contributed by atoms with Crippen molar-refractivity contribution in [2.24, 2.45) is 7.05 Å². The molecule has 2 aromatic rings. The standard InChI is InChI=1S/C16H20N4O2S/c1-11-9-23-10-13(11)15(21)18-12-4-3-6-20(8-12)14-16(22)19(2)7-5-17-14/h5,7,9-10,12H,3-4,6,8H2,1-2H3,(H,18,21). The van der Waals surface area contributed by atoms with Gasteiger partial charge in [-0.15, -0.1) is 0 Å². The van der Waals surface area contributed by atoms with E-state index in [1.165, 1.54) is 15.9 Å². The molecule has 2 aromatic heterocycles. The van der Waals surface area contributed by atoms with Crippen LogP contribution in [-0.4, -0.2) is 34.6 Å². The summed E-state index contributed by atoms with van der Waals surface area (Å²) in [6, 6.07) is 0.0299. The van der Waals surface area contributed by atoms with Crippen molar-refractivity contribution in [2.45, 2.75) is 25.8 Å². The van der Waals surface area contributed by atoms with Crippen LogP contribution in [0.25, 0.3) is 0 Å². The van der Waals surface area contributed by atoms with E-state index in [9.17, 15) is 9.59 Å². The Morgan fingerprint density at radius 3 is 3.00 bits per heavy atom. The highest BCUT2D eigenvalue weighted by molar-refractivity contribution is 7.08. The van der Waals surface area contributed by atoms with E-state index in [2.05, 4.69) is 10.3 Å². The normalized spacial score (nSPS) is 18.0. The molecule has 1 unspecified atom stereocenters. The minimum Gasteiger partial charge on any atom is -0.350 e. The molecule has 23 heavy (non-hydrogen) atoms. The summed E-state index contributed by atoms with van der Waals surface area (Å²) in [7, 11) is 1.72. The molecule has 0 saturated carbocycles. The van der Waals surface area contributed by atoms with Crippen LogP contribution in [0.3, 0.4) is 0 Å². The summed E-state index contributed by atoms with van der Waals surface area (Å²) in [6.07, 6.45) is 5.12. The lowest BCUT2D eigenvalue weighted by molar-refractivity contribution is 0.0933. The lowest BCUT2D eigenvalue weighted by Crippen LogP contribution is -2.49. The van der Waals surface area contributed by atoms with Crippen molar-refractivity contribution in [3.63, 3.8) is 0 Å². The Bertz CT molecular complexity index is 767. The highest BCUT2D eigenvalue weighted by Crippen LogP contribution is 2.17. The number of aromatic nitrogens is 2. The molecule has 122 valence electrons. The summed E-state index contributed by atoms with van der Waals surface area (Å²) < 4.78 is 1.53. The molecule has 3 heterocycles. The molecule has 7 heteroatoms. The largest absolute Gasteiger partial charge is 0.350 e. The Labute approximate surface area is 138 Å². The molecule has 0 aromatic carbocycles. The molecule has 0 radical (unpaired) electrons. The van der Waals surface area contributed by atoms with Gasteiger partial charge in [0, 0.05) is 44.0 Å². The second kappa shape index (κ2) is 6.54. The van der Waals surface area contributed by atoms with Crippen molar-refractivity contribution in [2.75, 3.05) is 18.0 Å². The van der Waals surface area contributed by atoms with Gasteiger partial charge in [0.2, 0.25) is 0 Å². The van der Waals surface area contributed by atoms with Gasteiger partial charge in [-0.3, -0.25) is 9.59 Å². The number of thiophene rings is 1. The van der Waals surface area contributed by atoms with E-state index in [-0.39, 0.29) is 17.5 Å². The zero-order chi connectivity index (χ0) is 16.4. The number of hydrogen-bond acceptors (Lipinski definition) is 5. The molecule has 1 atom stereocenters. The fourth-order valence-electron chi connectivity index (χ4n) is 2.85. The van der Waals surface area contributed by atoms with E-state index in [4.69, 9.17) is 0 Å². The summed E-state index contributed by atoms with van der Waals surface area (Å²) in [5.41, 5.74) is 1.63. The molecular weight excluding hydrogens is 312 g/mol. The second-order valence-electron chi connectivity index (χ2n) is 5.89. The first kappa shape index (κ1) is 15.7. The number of piperidine rings is 1. The molecule has 3 rings (SSSR count). The van der Waals surface area contributed by atoms with Crippen molar-refractivity contribution in [1.82, 2.24) is 14.9 Å². The first-order valence-corrected chi connectivity index (χ1v) is 8.61. The van der Waals surface area contributed by atoms with Crippen LogP contribution in [0.5, 0.6) is 0 Å². The third-order valence-electron chi connectivity index (χ3n) is 4.16. The zero-order valence-electron chi connectivity index (χ0n) is 13.3. The Morgan fingerprint density at radius 2 is 2.26 bits per heavy atom. The maximum Gasteiger partial charge on any atom is 0.293 e. The molecule has 1 aliphatic rings. The predicted molar refractivity (Wildman–Crippen MR) is 91.2 cm³/mol. The fourth-order valence-corrected chi connectivity index (χ4v) is 3.67. The third-order valence-corrected chi connectivity index (χ3v) is 5.02. The number of rotatable bonds is 3. The minimum atomic E-state index is -0.104. The van der Waals surface area contributed by atoms with Gasteiger partial charge in [0.25, 0.3) is 11.5 Å². The van der Waals surface area contributed by atoms with Crippen molar-refractivity contribution < 1.29 is 4.79 Å². The number of anilines is 1. The SMILES string of the molecule is Cc1cscc1C(=O)NC1CCCN(c2nccn(C)c2=O)C1. The summed E-state index contributed by atoms with van der Waals surface area (Å²) in [5, 5.41) is 6.93. The number of aryl methyl sites for hydroxylation is 2. The van der Waals surface area contributed by atoms with Gasteiger partial charge in [0.1, 0.15) is 0 Å². The van der Waals surface area contributed by atoms with E-state index in [1.54, 1.807) is 19.4 Å². The van der Waals surface area contributed by atoms with Gasteiger partial charge in [0.05, 0.1) is 5.56 Å². The average molecular weight is 332 g/mol. The quantitative estimate of drug-likeness (QED) is 0.926. The Morgan fingerprint density at radius 1 is 1.43 bits per heavy atom. The molecule has 0 spiro atoms. The van der Waals surface area contributed by atoms with Gasteiger partial charge in [0.15, 0.2) is 5.82 Å². The minimum absolute atomic E-state index is 0.0299. The highest BCUT2D eigenvalue weighted by Gasteiger charge is 2.25. The van der Waals surface area contributed by atoms with Crippen molar-refractivity contribution >= 4 is 23.1 Å². The predicted octanol–water partition coefficient (Wildman–Crippen LogP) is 1.55. The van der Waals surface area contributed by atoms with Crippen LogP contribution in [0.2, 0.25) is 0 Å². The first-order chi connectivity index (χ1) is 11.1.